The number of anilines is 2. The van der Waals surface area contributed by atoms with Crippen LogP contribution in [0.4, 0.5) is 15.8 Å². The van der Waals surface area contributed by atoms with Crippen molar-refractivity contribution in [3.05, 3.63) is 65.5 Å². The maximum absolute atomic E-state index is 14.3. The topological polar surface area (TPSA) is 101 Å². The van der Waals surface area contributed by atoms with Crippen molar-refractivity contribution in [2.45, 2.75) is 45.6 Å². The van der Waals surface area contributed by atoms with Gasteiger partial charge in [-0.2, -0.15) is 5.10 Å². The predicted molar refractivity (Wildman–Crippen MR) is 139 cm³/mol. The van der Waals surface area contributed by atoms with Gasteiger partial charge in [-0.15, -0.1) is 0 Å². The molecule has 0 radical (unpaired) electrons. The van der Waals surface area contributed by atoms with Gasteiger partial charge in [-0.05, 0) is 44.7 Å². The van der Waals surface area contributed by atoms with Gasteiger partial charge in [-0.1, -0.05) is 17.7 Å². The lowest BCUT2D eigenvalue weighted by Crippen LogP contribution is -2.33. The highest BCUT2D eigenvalue weighted by Gasteiger charge is 2.30. The molecule has 37 heavy (non-hydrogen) atoms. The summed E-state index contributed by atoms with van der Waals surface area (Å²) < 4.78 is 21.5. The summed E-state index contributed by atoms with van der Waals surface area (Å²) in [5, 5.41) is 10.0. The molecule has 0 unspecified atom stereocenters. The molecule has 0 atom stereocenters. The molecule has 2 amide bonds. The number of nitrogens with one attached hydrogen (secondary N) is 2. The van der Waals surface area contributed by atoms with Gasteiger partial charge in [-0.3, -0.25) is 19.3 Å². The molecule has 0 bridgehead atoms. The van der Waals surface area contributed by atoms with Crippen LogP contribution in [-0.2, 0) is 16.1 Å². The molecule has 9 nitrogen and oxygen atoms in total. The smallest absolute Gasteiger partial charge is 0.244 e. The second-order valence-electron chi connectivity index (χ2n) is 9.38. The predicted octanol–water partition coefficient (Wildman–Crippen LogP) is 3.89. The Kier molecular flexibility index (Phi) is 8.37. The number of carbonyl (C=O) groups is 2. The van der Waals surface area contributed by atoms with E-state index in [9.17, 15) is 14.0 Å². The first-order valence-electron chi connectivity index (χ1n) is 12.4. The fourth-order valence-electron chi connectivity index (χ4n) is 4.01. The van der Waals surface area contributed by atoms with Gasteiger partial charge in [0, 0.05) is 37.5 Å². The zero-order valence-corrected chi connectivity index (χ0v) is 21.5. The maximum atomic E-state index is 14.3. The summed E-state index contributed by atoms with van der Waals surface area (Å²) in [5.41, 5.74) is 3.83. The van der Waals surface area contributed by atoms with Gasteiger partial charge in [0.1, 0.15) is 18.9 Å². The van der Waals surface area contributed by atoms with Crippen molar-refractivity contribution in [3.63, 3.8) is 0 Å². The Morgan fingerprint density at radius 3 is 2.68 bits per heavy atom. The summed E-state index contributed by atoms with van der Waals surface area (Å²) in [4.78, 5) is 30.6. The van der Waals surface area contributed by atoms with Crippen molar-refractivity contribution < 1.29 is 18.7 Å². The zero-order valence-electron chi connectivity index (χ0n) is 21.5. The lowest BCUT2D eigenvalue weighted by atomic mass is 10.1. The molecule has 2 N–H and O–H groups in total. The maximum Gasteiger partial charge on any atom is 0.244 e. The Hall–Kier alpha value is -3.95. The first-order valence-corrected chi connectivity index (χ1v) is 12.4. The summed E-state index contributed by atoms with van der Waals surface area (Å²) >= 11 is 0. The van der Waals surface area contributed by atoms with E-state index >= 15 is 0 Å². The third kappa shape index (κ3) is 7.28. The molecule has 2 aromatic heterocycles. The van der Waals surface area contributed by atoms with E-state index in [-0.39, 0.29) is 31.3 Å². The number of pyridine rings is 1. The number of nitrogens with zero attached hydrogens (tertiary/aromatic N) is 4. The number of hydrogen-bond acceptors (Lipinski definition) is 6. The molecule has 1 aliphatic carbocycles. The molecule has 3 aromatic rings. The number of rotatable bonds is 12. The highest BCUT2D eigenvalue weighted by Crippen LogP contribution is 2.45. The Labute approximate surface area is 216 Å². The van der Waals surface area contributed by atoms with Crippen molar-refractivity contribution in [1.82, 2.24) is 19.7 Å². The van der Waals surface area contributed by atoms with Gasteiger partial charge in [0.15, 0.2) is 5.82 Å². The number of carbonyl (C=O) groups excluding carboxylic acids is 2. The van der Waals surface area contributed by atoms with Crippen LogP contribution in [0.5, 0.6) is 5.75 Å². The van der Waals surface area contributed by atoms with E-state index in [1.165, 1.54) is 17.1 Å². The van der Waals surface area contributed by atoms with Gasteiger partial charge in [-0.25, -0.2) is 4.39 Å². The first-order chi connectivity index (χ1) is 17.8. The fourth-order valence-corrected chi connectivity index (χ4v) is 4.01. The Morgan fingerprint density at radius 1 is 1.19 bits per heavy atom. The average molecular weight is 509 g/mol. The normalized spacial score (nSPS) is 12.8. The highest BCUT2D eigenvalue weighted by atomic mass is 19.1. The van der Waals surface area contributed by atoms with E-state index in [0.29, 0.717) is 30.4 Å². The van der Waals surface area contributed by atoms with E-state index in [0.717, 1.165) is 35.4 Å². The number of ether oxygens (including phenoxy) is 1. The van der Waals surface area contributed by atoms with Crippen molar-refractivity contribution in [1.29, 1.82) is 0 Å². The van der Waals surface area contributed by atoms with Gasteiger partial charge in [0.25, 0.3) is 0 Å². The monoisotopic (exact) mass is 508 g/mol. The minimum absolute atomic E-state index is 0.0447. The molecule has 10 heteroatoms. The number of halogens is 1. The molecule has 0 aliphatic heterocycles. The molecule has 1 saturated carbocycles. The second kappa shape index (κ2) is 11.9. The Morgan fingerprint density at radius 2 is 1.95 bits per heavy atom. The molecule has 1 fully saturated rings. The van der Waals surface area contributed by atoms with E-state index in [1.54, 1.807) is 18.1 Å². The summed E-state index contributed by atoms with van der Waals surface area (Å²) in [5.74, 6) is 0.346. The summed E-state index contributed by atoms with van der Waals surface area (Å²) in [6.45, 7) is 5.04. The molecule has 1 aromatic carbocycles. The number of hydrogen-bond donors (Lipinski definition) is 2. The van der Waals surface area contributed by atoms with Crippen LogP contribution in [-0.4, -0.2) is 58.2 Å². The molecular weight excluding hydrogens is 475 g/mol. The largest absolute Gasteiger partial charge is 0.492 e. The van der Waals surface area contributed by atoms with Gasteiger partial charge in [0.2, 0.25) is 11.8 Å². The molecule has 0 saturated heterocycles. The van der Waals surface area contributed by atoms with Crippen LogP contribution >= 0.6 is 0 Å². The second-order valence-corrected chi connectivity index (χ2v) is 9.38. The molecule has 196 valence electrons. The first kappa shape index (κ1) is 26.1. The van der Waals surface area contributed by atoms with Crippen LogP contribution < -0.4 is 15.4 Å². The lowest BCUT2D eigenvalue weighted by molar-refractivity contribution is -0.131. The molecule has 0 spiro atoms. The number of likely N-dealkylation sites (N-methyl/N-ethyl adjacent to an activating group) is 1. The standard InChI is InChI=1S/C27H33FN6O3/c1-18-4-8-22(9-5-18)37-13-12-33(3)25(36)17-34-16-21(14-31-34)32-24(35)10-11-29-27-23(28)15-30-19(2)26(27)20-6-7-20/h4-5,8-9,14-16,20H,6-7,10-13,17H2,1-3H3,(H,29,30)(H,32,35). The van der Waals surface area contributed by atoms with Crippen LogP contribution in [0.25, 0.3) is 0 Å². The summed E-state index contributed by atoms with van der Waals surface area (Å²) in [7, 11) is 1.71. The minimum Gasteiger partial charge on any atom is -0.492 e. The van der Waals surface area contributed by atoms with Crippen LogP contribution in [0.15, 0.2) is 42.9 Å². The van der Waals surface area contributed by atoms with E-state index in [2.05, 4.69) is 20.7 Å². The number of aromatic nitrogens is 3. The van der Waals surface area contributed by atoms with Crippen LogP contribution in [0.2, 0.25) is 0 Å². The molecule has 4 rings (SSSR count). The quantitative estimate of drug-likeness (QED) is 0.385. The Bertz CT molecular complexity index is 1240. The van der Waals surface area contributed by atoms with Crippen LogP contribution in [0.1, 0.15) is 42.0 Å². The lowest BCUT2D eigenvalue weighted by Gasteiger charge is -2.17. The Balaban J connectivity index is 1.19. The number of aryl methyl sites for hydroxylation is 2. The minimum atomic E-state index is -0.398. The summed E-state index contributed by atoms with van der Waals surface area (Å²) in [6, 6.07) is 7.75. The molecular formula is C27H33FN6O3. The summed E-state index contributed by atoms with van der Waals surface area (Å²) in [6.07, 6.45) is 6.54. The van der Waals surface area contributed by atoms with Crippen molar-refractivity contribution in [2.24, 2.45) is 0 Å². The van der Waals surface area contributed by atoms with Crippen molar-refractivity contribution in [3.8, 4) is 5.75 Å². The third-order valence-electron chi connectivity index (χ3n) is 6.27. The highest BCUT2D eigenvalue weighted by molar-refractivity contribution is 5.90. The van der Waals surface area contributed by atoms with Crippen molar-refractivity contribution in [2.75, 3.05) is 37.4 Å². The van der Waals surface area contributed by atoms with Crippen LogP contribution in [0, 0.1) is 19.7 Å². The van der Waals surface area contributed by atoms with E-state index < -0.39 is 5.82 Å². The SMILES string of the molecule is Cc1ccc(OCCN(C)C(=O)Cn2cc(NC(=O)CCNc3c(F)cnc(C)c3C3CC3)cn2)cc1. The van der Waals surface area contributed by atoms with Crippen molar-refractivity contribution >= 4 is 23.2 Å². The van der Waals surface area contributed by atoms with Gasteiger partial charge >= 0.3 is 0 Å². The zero-order chi connectivity index (χ0) is 26.4. The average Bonchev–Trinajstić information content (AvgIpc) is 3.61. The molecule has 2 heterocycles. The number of benzene rings is 1. The third-order valence-corrected chi connectivity index (χ3v) is 6.27. The van der Waals surface area contributed by atoms with Gasteiger partial charge < -0.3 is 20.3 Å². The molecule has 1 aliphatic rings. The van der Waals surface area contributed by atoms with E-state index in [4.69, 9.17) is 4.74 Å². The van der Waals surface area contributed by atoms with Crippen LogP contribution in [0.3, 0.4) is 0 Å². The van der Waals surface area contributed by atoms with Gasteiger partial charge in [0.05, 0.1) is 30.3 Å². The van der Waals surface area contributed by atoms with E-state index in [1.807, 2.05) is 38.1 Å². The number of amides is 2. The fraction of sp³-hybridized carbons (Fsp3) is 0.407.